The number of hydrogen-bond donors (Lipinski definition) is 1. The third kappa shape index (κ3) is 2.64. The maximum absolute atomic E-state index is 13.9. The second-order valence-corrected chi connectivity index (χ2v) is 4.39. The zero-order valence-corrected chi connectivity index (χ0v) is 11.0. The van der Waals surface area contributed by atoms with Crippen LogP contribution in [0.2, 0.25) is 0 Å². The largest absolute Gasteiger partial charge is 0.370 e. The minimum atomic E-state index is -0.284. The van der Waals surface area contributed by atoms with Crippen molar-refractivity contribution in [3.63, 3.8) is 0 Å². The zero-order valence-electron chi connectivity index (χ0n) is 9.37. The molecule has 0 aliphatic rings. The van der Waals surface area contributed by atoms with Gasteiger partial charge < -0.3 is 5.32 Å². The van der Waals surface area contributed by atoms with Gasteiger partial charge in [-0.3, -0.25) is 0 Å². The third-order valence-electron chi connectivity index (χ3n) is 2.33. The lowest BCUT2D eigenvalue weighted by Gasteiger charge is -2.07. The van der Waals surface area contributed by atoms with Crippen molar-refractivity contribution >= 4 is 21.7 Å². The topological polar surface area (TPSA) is 24.9 Å². The minimum Gasteiger partial charge on any atom is -0.370 e. The van der Waals surface area contributed by atoms with Crippen LogP contribution in [-0.4, -0.2) is 11.5 Å². The van der Waals surface area contributed by atoms with Crippen LogP contribution in [-0.2, 0) is 0 Å². The Bertz CT molecular complexity index is 529. The molecule has 4 heteroatoms. The Labute approximate surface area is 108 Å². The van der Waals surface area contributed by atoms with Gasteiger partial charge in [-0.05, 0) is 47.1 Å². The minimum absolute atomic E-state index is 0.284. The number of nitrogens with one attached hydrogen (secondary N) is 1. The highest BCUT2D eigenvalue weighted by atomic mass is 79.9. The van der Waals surface area contributed by atoms with E-state index in [1.807, 2.05) is 19.1 Å². The van der Waals surface area contributed by atoms with E-state index in [2.05, 4.69) is 26.2 Å². The fourth-order valence-corrected chi connectivity index (χ4v) is 1.93. The van der Waals surface area contributed by atoms with E-state index in [4.69, 9.17) is 0 Å². The highest BCUT2D eigenvalue weighted by molar-refractivity contribution is 9.10. The van der Waals surface area contributed by atoms with Crippen molar-refractivity contribution in [3.8, 4) is 11.3 Å². The summed E-state index contributed by atoms with van der Waals surface area (Å²) < 4.78 is 14.3. The number of pyridine rings is 1. The molecule has 2 rings (SSSR count). The van der Waals surface area contributed by atoms with Gasteiger partial charge >= 0.3 is 0 Å². The Morgan fingerprint density at radius 2 is 2.00 bits per heavy atom. The molecule has 1 N–H and O–H groups in total. The Balaban J connectivity index is 2.45. The number of anilines is 1. The molecule has 0 spiro atoms. The molecular weight excluding hydrogens is 283 g/mol. The average molecular weight is 295 g/mol. The van der Waals surface area contributed by atoms with E-state index in [9.17, 15) is 4.39 Å². The molecule has 0 fully saturated rings. The molecule has 0 unspecified atom stereocenters. The van der Waals surface area contributed by atoms with Gasteiger partial charge in [0.15, 0.2) is 0 Å². The fourth-order valence-electron chi connectivity index (χ4n) is 1.57. The lowest BCUT2D eigenvalue weighted by molar-refractivity contribution is 0.624. The van der Waals surface area contributed by atoms with Crippen LogP contribution < -0.4 is 5.32 Å². The number of aromatic nitrogens is 1. The molecule has 17 heavy (non-hydrogen) atoms. The predicted octanol–water partition coefficient (Wildman–Crippen LogP) is 4.08. The highest BCUT2D eigenvalue weighted by Gasteiger charge is 2.09. The first-order valence-electron chi connectivity index (χ1n) is 5.37. The maximum Gasteiger partial charge on any atom is 0.146 e. The van der Waals surface area contributed by atoms with Gasteiger partial charge in [-0.1, -0.05) is 12.1 Å². The van der Waals surface area contributed by atoms with E-state index in [-0.39, 0.29) is 5.82 Å². The summed E-state index contributed by atoms with van der Waals surface area (Å²) in [5, 5.41) is 3.11. The maximum atomic E-state index is 13.9. The van der Waals surface area contributed by atoms with Gasteiger partial charge in [-0.25, -0.2) is 9.37 Å². The molecule has 2 nitrogen and oxygen atoms in total. The van der Waals surface area contributed by atoms with Crippen LogP contribution in [0.4, 0.5) is 10.2 Å². The van der Waals surface area contributed by atoms with Gasteiger partial charge in [0.25, 0.3) is 0 Å². The van der Waals surface area contributed by atoms with Crippen molar-refractivity contribution in [2.75, 3.05) is 11.9 Å². The second-order valence-electron chi connectivity index (χ2n) is 3.54. The van der Waals surface area contributed by atoms with E-state index >= 15 is 0 Å². The molecule has 1 heterocycles. The fraction of sp³-hybridized carbons (Fsp3) is 0.154. The molecule has 0 radical (unpaired) electrons. The molecule has 0 amide bonds. The molecule has 0 atom stereocenters. The summed E-state index contributed by atoms with van der Waals surface area (Å²) >= 11 is 3.17. The average Bonchev–Trinajstić information content (AvgIpc) is 2.33. The number of nitrogens with zero attached hydrogens (tertiary/aromatic N) is 1. The third-order valence-corrected chi connectivity index (χ3v) is 2.95. The molecule has 2 aromatic rings. The molecule has 0 bridgehead atoms. The standard InChI is InChI=1S/C13H12BrFN2/c1-2-16-12-8-4-7-11(17-12)9-5-3-6-10(14)13(9)15/h3-8H,2H2,1H3,(H,16,17). The molecule has 1 aromatic carbocycles. The van der Waals surface area contributed by atoms with Crippen LogP contribution >= 0.6 is 15.9 Å². The monoisotopic (exact) mass is 294 g/mol. The van der Waals surface area contributed by atoms with Crippen LogP contribution in [0.5, 0.6) is 0 Å². The summed E-state index contributed by atoms with van der Waals surface area (Å²) in [6, 6.07) is 10.7. The first-order valence-corrected chi connectivity index (χ1v) is 6.17. The molecule has 1 aromatic heterocycles. The van der Waals surface area contributed by atoms with E-state index < -0.39 is 0 Å². The van der Waals surface area contributed by atoms with Crippen molar-refractivity contribution in [3.05, 3.63) is 46.7 Å². The van der Waals surface area contributed by atoms with Gasteiger partial charge in [0.2, 0.25) is 0 Å². The Hall–Kier alpha value is -1.42. The zero-order chi connectivity index (χ0) is 12.3. The van der Waals surface area contributed by atoms with Crippen molar-refractivity contribution in [1.29, 1.82) is 0 Å². The Morgan fingerprint density at radius 3 is 2.76 bits per heavy atom. The number of benzene rings is 1. The summed E-state index contributed by atoms with van der Waals surface area (Å²) in [5.41, 5.74) is 1.13. The van der Waals surface area contributed by atoms with Crippen molar-refractivity contribution in [1.82, 2.24) is 4.98 Å². The number of halogens is 2. The van der Waals surface area contributed by atoms with Crippen LogP contribution in [0, 0.1) is 5.82 Å². The summed E-state index contributed by atoms with van der Waals surface area (Å²) in [6.45, 7) is 2.78. The van der Waals surface area contributed by atoms with Crippen molar-refractivity contribution in [2.24, 2.45) is 0 Å². The SMILES string of the molecule is CCNc1cccc(-c2cccc(Br)c2F)n1. The van der Waals surface area contributed by atoms with Crippen LogP contribution in [0.15, 0.2) is 40.9 Å². The van der Waals surface area contributed by atoms with Gasteiger partial charge in [0.1, 0.15) is 11.6 Å². The molecular formula is C13H12BrFN2. The molecule has 88 valence electrons. The lowest BCUT2D eigenvalue weighted by Crippen LogP contribution is -2.00. The summed E-state index contributed by atoms with van der Waals surface area (Å²) in [6.07, 6.45) is 0. The van der Waals surface area contributed by atoms with E-state index in [0.29, 0.717) is 15.7 Å². The summed E-state index contributed by atoms with van der Waals surface area (Å²) in [4.78, 5) is 4.36. The smallest absolute Gasteiger partial charge is 0.146 e. The van der Waals surface area contributed by atoms with Gasteiger partial charge in [-0.15, -0.1) is 0 Å². The quantitative estimate of drug-likeness (QED) is 0.922. The predicted molar refractivity (Wildman–Crippen MR) is 71.5 cm³/mol. The second kappa shape index (κ2) is 5.27. The number of rotatable bonds is 3. The van der Waals surface area contributed by atoms with Gasteiger partial charge in [-0.2, -0.15) is 0 Å². The van der Waals surface area contributed by atoms with Crippen LogP contribution in [0.25, 0.3) is 11.3 Å². The van der Waals surface area contributed by atoms with Crippen LogP contribution in [0.3, 0.4) is 0 Å². The molecule has 0 aliphatic carbocycles. The summed E-state index contributed by atoms with van der Waals surface area (Å²) in [7, 11) is 0. The first-order chi connectivity index (χ1) is 8.22. The lowest BCUT2D eigenvalue weighted by atomic mass is 10.1. The molecule has 0 saturated carbocycles. The van der Waals surface area contributed by atoms with Crippen molar-refractivity contribution in [2.45, 2.75) is 6.92 Å². The number of hydrogen-bond acceptors (Lipinski definition) is 2. The van der Waals surface area contributed by atoms with E-state index in [1.165, 1.54) is 0 Å². The Morgan fingerprint density at radius 1 is 1.24 bits per heavy atom. The van der Waals surface area contributed by atoms with E-state index in [1.54, 1.807) is 24.3 Å². The van der Waals surface area contributed by atoms with Gasteiger partial charge in [0.05, 0.1) is 10.2 Å². The van der Waals surface area contributed by atoms with Crippen LogP contribution in [0.1, 0.15) is 6.92 Å². The normalized spacial score (nSPS) is 10.3. The Kier molecular flexibility index (Phi) is 3.74. The van der Waals surface area contributed by atoms with E-state index in [0.717, 1.165) is 12.4 Å². The molecule has 0 aliphatic heterocycles. The summed E-state index contributed by atoms with van der Waals surface area (Å²) in [5.74, 6) is 0.470. The van der Waals surface area contributed by atoms with Gasteiger partial charge in [0, 0.05) is 12.1 Å². The first kappa shape index (κ1) is 12.0. The highest BCUT2D eigenvalue weighted by Crippen LogP contribution is 2.27. The van der Waals surface area contributed by atoms with Crippen molar-refractivity contribution < 1.29 is 4.39 Å². The molecule has 0 saturated heterocycles.